The van der Waals surface area contributed by atoms with E-state index >= 15 is 0 Å². The van der Waals surface area contributed by atoms with Crippen LogP contribution in [0.15, 0.2) is 42.2 Å². The number of ketones is 1. The molecule has 2 N–H and O–H groups in total. The van der Waals surface area contributed by atoms with Gasteiger partial charge in [-0.05, 0) is 35.8 Å². The SMILES string of the molecule is CCc1ccc(/C=C2/Oc3c(ccc(O)c3C[NH+](C)C)C2=O)cc1. The number of quaternary nitrogens is 1. The third kappa shape index (κ3) is 3.05. The maximum atomic E-state index is 12.6. The number of nitrogens with one attached hydrogen (secondary N) is 1. The molecular formula is C20H22NO3+. The van der Waals surface area contributed by atoms with Gasteiger partial charge in [0.25, 0.3) is 0 Å². The number of allylic oxidation sites excluding steroid dienone is 1. The fraction of sp³-hybridized carbons (Fsp3) is 0.250. The fourth-order valence-corrected chi connectivity index (χ4v) is 2.82. The summed E-state index contributed by atoms with van der Waals surface area (Å²) in [6.45, 7) is 2.69. The topological polar surface area (TPSA) is 51.0 Å². The van der Waals surface area contributed by atoms with Gasteiger partial charge in [0.15, 0.2) is 11.5 Å². The molecule has 0 radical (unpaired) electrons. The van der Waals surface area contributed by atoms with Crippen molar-refractivity contribution >= 4 is 11.9 Å². The Balaban J connectivity index is 1.96. The van der Waals surface area contributed by atoms with Crippen molar-refractivity contribution in [2.24, 2.45) is 0 Å². The highest BCUT2D eigenvalue weighted by Crippen LogP contribution is 2.39. The number of benzene rings is 2. The van der Waals surface area contributed by atoms with E-state index in [1.807, 2.05) is 38.4 Å². The van der Waals surface area contributed by atoms with E-state index in [-0.39, 0.29) is 11.5 Å². The average molecular weight is 324 g/mol. The maximum Gasteiger partial charge on any atom is 0.231 e. The summed E-state index contributed by atoms with van der Waals surface area (Å²) < 4.78 is 5.83. The number of phenols is 1. The third-order valence-corrected chi connectivity index (χ3v) is 4.13. The first-order valence-corrected chi connectivity index (χ1v) is 8.16. The van der Waals surface area contributed by atoms with Crippen molar-refractivity contribution < 1.29 is 19.5 Å². The van der Waals surface area contributed by atoms with Crippen LogP contribution in [0.2, 0.25) is 0 Å². The van der Waals surface area contributed by atoms with Crippen LogP contribution < -0.4 is 9.64 Å². The second-order valence-electron chi connectivity index (χ2n) is 6.36. The van der Waals surface area contributed by atoms with Crippen molar-refractivity contribution in [3.8, 4) is 11.5 Å². The van der Waals surface area contributed by atoms with E-state index in [0.717, 1.165) is 16.9 Å². The average Bonchev–Trinajstić information content (AvgIpc) is 2.87. The number of phenolic OH excluding ortho intramolecular Hbond substituents is 1. The van der Waals surface area contributed by atoms with E-state index in [0.29, 0.717) is 29.2 Å². The molecule has 0 aromatic heterocycles. The predicted molar refractivity (Wildman–Crippen MR) is 93.4 cm³/mol. The Labute approximate surface area is 142 Å². The number of rotatable bonds is 4. The zero-order chi connectivity index (χ0) is 17.3. The van der Waals surface area contributed by atoms with Gasteiger partial charge in [-0.15, -0.1) is 0 Å². The van der Waals surface area contributed by atoms with Gasteiger partial charge in [-0.1, -0.05) is 31.2 Å². The van der Waals surface area contributed by atoms with Crippen molar-refractivity contribution in [3.63, 3.8) is 0 Å². The second kappa shape index (κ2) is 6.49. The number of hydrogen-bond acceptors (Lipinski definition) is 3. The Bertz CT molecular complexity index is 804. The summed E-state index contributed by atoms with van der Waals surface area (Å²) in [6.07, 6.45) is 2.73. The van der Waals surface area contributed by atoms with Crippen LogP contribution in [0.3, 0.4) is 0 Å². The van der Waals surface area contributed by atoms with E-state index in [2.05, 4.69) is 6.92 Å². The Morgan fingerprint density at radius 3 is 2.46 bits per heavy atom. The summed E-state index contributed by atoms with van der Waals surface area (Å²) in [5.41, 5.74) is 3.36. The zero-order valence-electron chi connectivity index (χ0n) is 14.2. The van der Waals surface area contributed by atoms with Gasteiger partial charge >= 0.3 is 0 Å². The minimum absolute atomic E-state index is 0.139. The Morgan fingerprint density at radius 1 is 1.12 bits per heavy atom. The fourth-order valence-electron chi connectivity index (χ4n) is 2.82. The van der Waals surface area contributed by atoms with Crippen LogP contribution >= 0.6 is 0 Å². The zero-order valence-corrected chi connectivity index (χ0v) is 14.2. The van der Waals surface area contributed by atoms with Crippen molar-refractivity contribution in [2.45, 2.75) is 19.9 Å². The van der Waals surface area contributed by atoms with Crippen LogP contribution in [0.1, 0.15) is 34.0 Å². The Hall–Kier alpha value is -2.59. The van der Waals surface area contributed by atoms with Gasteiger partial charge in [-0.3, -0.25) is 4.79 Å². The number of aryl methyl sites for hydroxylation is 1. The molecule has 3 rings (SSSR count). The van der Waals surface area contributed by atoms with E-state index in [1.54, 1.807) is 18.2 Å². The summed E-state index contributed by atoms with van der Waals surface area (Å²) in [6, 6.07) is 11.2. The smallest absolute Gasteiger partial charge is 0.231 e. The molecule has 24 heavy (non-hydrogen) atoms. The molecule has 0 saturated heterocycles. The largest absolute Gasteiger partial charge is 0.507 e. The quantitative estimate of drug-likeness (QED) is 0.848. The monoisotopic (exact) mass is 324 g/mol. The lowest BCUT2D eigenvalue weighted by Gasteiger charge is -2.12. The van der Waals surface area contributed by atoms with Gasteiger partial charge < -0.3 is 14.7 Å². The van der Waals surface area contributed by atoms with E-state index in [1.165, 1.54) is 5.56 Å². The van der Waals surface area contributed by atoms with Gasteiger partial charge in [-0.25, -0.2) is 0 Å². The summed E-state index contributed by atoms with van der Waals surface area (Å²) in [4.78, 5) is 13.7. The maximum absolute atomic E-state index is 12.6. The van der Waals surface area contributed by atoms with Gasteiger partial charge in [0.2, 0.25) is 5.78 Å². The van der Waals surface area contributed by atoms with E-state index in [4.69, 9.17) is 4.74 Å². The van der Waals surface area contributed by atoms with Crippen molar-refractivity contribution in [1.29, 1.82) is 0 Å². The van der Waals surface area contributed by atoms with E-state index < -0.39 is 0 Å². The van der Waals surface area contributed by atoms with Crippen LogP contribution in [0.5, 0.6) is 11.5 Å². The molecule has 0 saturated carbocycles. The Kier molecular flexibility index (Phi) is 4.40. The summed E-state index contributed by atoms with van der Waals surface area (Å²) in [5, 5.41) is 10.1. The second-order valence-corrected chi connectivity index (χ2v) is 6.36. The number of carbonyl (C=O) groups excluding carboxylic acids is 1. The number of ether oxygens (including phenoxy) is 1. The number of Topliss-reactive ketones (excluding diaryl/α,β-unsaturated/α-hetero) is 1. The van der Waals surface area contributed by atoms with E-state index in [9.17, 15) is 9.90 Å². The molecule has 0 amide bonds. The molecule has 1 aliphatic heterocycles. The molecule has 0 aliphatic carbocycles. The molecule has 4 nitrogen and oxygen atoms in total. The predicted octanol–water partition coefficient (Wildman–Crippen LogP) is 2.22. The van der Waals surface area contributed by atoms with Gasteiger partial charge in [0.1, 0.15) is 12.3 Å². The standard InChI is InChI=1S/C20H21NO3/c1-4-13-5-7-14(8-6-13)11-18-19(23)15-9-10-17(22)16(12-21(2)3)20(15)24-18/h5-11,22H,4,12H2,1-3H3/p+1/b18-11+. The van der Waals surface area contributed by atoms with Crippen molar-refractivity contribution in [1.82, 2.24) is 0 Å². The molecule has 0 fully saturated rings. The normalized spacial score (nSPS) is 15.0. The summed E-state index contributed by atoms with van der Waals surface area (Å²) >= 11 is 0. The first kappa shape index (κ1) is 16.3. The molecule has 0 spiro atoms. The van der Waals surface area contributed by atoms with Crippen LogP contribution in [0, 0.1) is 0 Å². The molecule has 124 valence electrons. The number of aromatic hydroxyl groups is 1. The highest BCUT2D eigenvalue weighted by molar-refractivity contribution is 6.14. The molecule has 1 aliphatic rings. The van der Waals surface area contributed by atoms with Crippen LogP contribution in [-0.4, -0.2) is 25.0 Å². The molecule has 2 aromatic rings. The molecule has 1 heterocycles. The first-order valence-electron chi connectivity index (χ1n) is 8.16. The Morgan fingerprint density at radius 2 is 1.83 bits per heavy atom. The van der Waals surface area contributed by atoms with Crippen LogP contribution in [0.25, 0.3) is 6.08 Å². The molecule has 4 heteroatoms. The van der Waals surface area contributed by atoms with Gasteiger partial charge in [0, 0.05) is 0 Å². The van der Waals surface area contributed by atoms with Crippen LogP contribution in [0.4, 0.5) is 0 Å². The van der Waals surface area contributed by atoms with Gasteiger partial charge in [0.05, 0.1) is 25.2 Å². The molecule has 0 atom stereocenters. The van der Waals surface area contributed by atoms with Crippen molar-refractivity contribution in [3.05, 3.63) is 64.4 Å². The minimum atomic E-state index is -0.139. The lowest BCUT2D eigenvalue weighted by atomic mass is 10.0. The molecular weight excluding hydrogens is 302 g/mol. The number of carbonyl (C=O) groups is 1. The van der Waals surface area contributed by atoms with Crippen LogP contribution in [-0.2, 0) is 13.0 Å². The summed E-state index contributed by atoms with van der Waals surface area (Å²) in [7, 11) is 3.98. The summed E-state index contributed by atoms with van der Waals surface area (Å²) in [5.74, 6) is 0.809. The molecule has 2 aromatic carbocycles. The number of fused-ring (bicyclic) bond motifs is 1. The lowest BCUT2D eigenvalue weighted by molar-refractivity contribution is -0.872. The third-order valence-electron chi connectivity index (χ3n) is 4.13. The number of hydrogen-bond donors (Lipinski definition) is 2. The molecule has 0 unspecified atom stereocenters. The highest BCUT2D eigenvalue weighted by Gasteiger charge is 2.31. The van der Waals surface area contributed by atoms with Crippen molar-refractivity contribution in [2.75, 3.05) is 14.1 Å². The van der Waals surface area contributed by atoms with Gasteiger partial charge in [-0.2, -0.15) is 0 Å². The molecule has 0 bridgehead atoms. The minimum Gasteiger partial charge on any atom is -0.507 e. The lowest BCUT2D eigenvalue weighted by Crippen LogP contribution is -3.04. The highest BCUT2D eigenvalue weighted by atomic mass is 16.5. The first-order chi connectivity index (χ1) is 11.5.